The van der Waals surface area contributed by atoms with Gasteiger partial charge in [0, 0.05) is 12.1 Å². The molecule has 0 radical (unpaired) electrons. The molecule has 2 aromatic carbocycles. The number of fused-ring (bicyclic) bond motifs is 1. The third-order valence-corrected chi connectivity index (χ3v) is 3.84. The Bertz CT molecular complexity index is 1050. The van der Waals surface area contributed by atoms with Gasteiger partial charge in [-0.15, -0.1) is 0 Å². The molecular weight excluding hydrogens is 342 g/mol. The fourth-order valence-electron chi connectivity index (χ4n) is 2.56. The minimum Gasteiger partial charge on any atom is -0.481 e. The van der Waals surface area contributed by atoms with E-state index in [4.69, 9.17) is 5.11 Å². The summed E-state index contributed by atoms with van der Waals surface area (Å²) in [4.78, 5) is 27.9. The molecule has 0 saturated carbocycles. The summed E-state index contributed by atoms with van der Waals surface area (Å²) in [5.41, 5.74) is -0.261. The summed E-state index contributed by atoms with van der Waals surface area (Å²) in [5.74, 6) is -2.44. The number of carboxylic acids is 1. The van der Waals surface area contributed by atoms with Gasteiger partial charge in [0.1, 0.15) is 17.5 Å². The van der Waals surface area contributed by atoms with Gasteiger partial charge in [0.2, 0.25) is 0 Å². The first-order valence-corrected chi connectivity index (χ1v) is 7.81. The van der Waals surface area contributed by atoms with E-state index in [1.165, 1.54) is 22.8 Å². The molecule has 0 aliphatic heterocycles. The maximum absolute atomic E-state index is 13.8. The van der Waals surface area contributed by atoms with Gasteiger partial charge in [-0.25, -0.2) is 13.8 Å². The highest BCUT2D eigenvalue weighted by molar-refractivity contribution is 5.79. The van der Waals surface area contributed by atoms with Crippen LogP contribution in [0.5, 0.6) is 0 Å². The monoisotopic (exact) mass is 356 g/mol. The first-order chi connectivity index (χ1) is 12.5. The predicted molar refractivity (Wildman–Crippen MR) is 93.5 cm³/mol. The van der Waals surface area contributed by atoms with Crippen LogP contribution in [0.1, 0.15) is 17.8 Å². The molecule has 0 fully saturated rings. The molecule has 0 spiro atoms. The molecule has 132 valence electrons. The summed E-state index contributed by atoms with van der Waals surface area (Å²) in [6, 6.07) is 10.1. The predicted octanol–water partition coefficient (Wildman–Crippen LogP) is 3.32. The summed E-state index contributed by atoms with van der Waals surface area (Å²) >= 11 is 0. The van der Waals surface area contributed by atoms with E-state index in [-0.39, 0.29) is 24.4 Å². The van der Waals surface area contributed by atoms with Gasteiger partial charge in [-0.2, -0.15) is 0 Å². The van der Waals surface area contributed by atoms with Crippen molar-refractivity contribution in [1.82, 2.24) is 9.55 Å². The summed E-state index contributed by atoms with van der Waals surface area (Å²) in [7, 11) is 0. The fourth-order valence-corrected chi connectivity index (χ4v) is 2.56. The zero-order valence-corrected chi connectivity index (χ0v) is 13.5. The molecule has 5 nitrogen and oxygen atoms in total. The molecule has 0 aliphatic rings. The molecule has 1 aromatic heterocycles. The Kier molecular flexibility index (Phi) is 4.88. The second-order valence-corrected chi connectivity index (χ2v) is 5.56. The second-order valence-electron chi connectivity index (χ2n) is 5.56. The molecule has 0 bridgehead atoms. The lowest BCUT2D eigenvalue weighted by Crippen LogP contribution is -2.25. The maximum atomic E-state index is 13.8. The minimum atomic E-state index is -1.07. The standard InChI is InChI=1S/C19H14F2N2O3/c20-14-5-3-6-15(21)12(14)8-9-17-22-16-7-2-1-4-13(16)19(26)23(17)11-10-18(24)25/h1-9H,10-11H2,(H,24,25)/b9-8+. The number of carbonyl (C=O) groups is 1. The number of benzene rings is 2. The van der Waals surface area contributed by atoms with E-state index >= 15 is 0 Å². The normalized spacial score (nSPS) is 11.3. The van der Waals surface area contributed by atoms with Crippen LogP contribution in [-0.4, -0.2) is 20.6 Å². The van der Waals surface area contributed by atoms with E-state index in [0.29, 0.717) is 10.9 Å². The molecule has 0 amide bonds. The molecular formula is C19H14F2N2O3. The van der Waals surface area contributed by atoms with E-state index in [9.17, 15) is 18.4 Å². The number of nitrogens with zero attached hydrogens (tertiary/aromatic N) is 2. The van der Waals surface area contributed by atoms with Crippen molar-refractivity contribution in [1.29, 1.82) is 0 Å². The zero-order valence-electron chi connectivity index (χ0n) is 13.5. The van der Waals surface area contributed by atoms with Crippen molar-refractivity contribution in [2.45, 2.75) is 13.0 Å². The maximum Gasteiger partial charge on any atom is 0.305 e. The SMILES string of the molecule is O=C(O)CCn1c(/C=C/c2c(F)cccc2F)nc2ccccc2c1=O. The summed E-state index contributed by atoms with van der Waals surface area (Å²) in [6.07, 6.45) is 2.20. The number of hydrogen-bond donors (Lipinski definition) is 1. The number of aromatic nitrogens is 2. The van der Waals surface area contributed by atoms with Crippen molar-refractivity contribution < 1.29 is 18.7 Å². The first-order valence-electron chi connectivity index (χ1n) is 7.81. The number of aliphatic carboxylic acids is 1. The Morgan fingerprint density at radius 2 is 1.77 bits per heavy atom. The van der Waals surface area contributed by atoms with Crippen LogP contribution in [0.25, 0.3) is 23.1 Å². The van der Waals surface area contributed by atoms with Crippen LogP contribution < -0.4 is 5.56 Å². The minimum absolute atomic E-state index is 0.106. The third-order valence-electron chi connectivity index (χ3n) is 3.84. The van der Waals surface area contributed by atoms with E-state index < -0.39 is 23.2 Å². The van der Waals surface area contributed by atoms with Crippen molar-refractivity contribution >= 4 is 29.0 Å². The van der Waals surface area contributed by atoms with Gasteiger partial charge < -0.3 is 5.11 Å². The van der Waals surface area contributed by atoms with Gasteiger partial charge in [-0.05, 0) is 36.4 Å². The second kappa shape index (κ2) is 7.26. The van der Waals surface area contributed by atoms with Crippen LogP contribution >= 0.6 is 0 Å². The fraction of sp³-hybridized carbons (Fsp3) is 0.105. The van der Waals surface area contributed by atoms with Crippen LogP contribution in [0.15, 0.2) is 47.3 Å². The number of rotatable bonds is 5. The van der Waals surface area contributed by atoms with Gasteiger partial charge >= 0.3 is 5.97 Å². The molecule has 0 saturated heterocycles. The van der Waals surface area contributed by atoms with Crippen molar-refractivity contribution in [3.8, 4) is 0 Å². The van der Waals surface area contributed by atoms with Crippen molar-refractivity contribution in [3.63, 3.8) is 0 Å². The van der Waals surface area contributed by atoms with E-state index in [2.05, 4.69) is 4.98 Å². The van der Waals surface area contributed by atoms with Gasteiger partial charge in [-0.3, -0.25) is 14.2 Å². The van der Waals surface area contributed by atoms with Gasteiger partial charge in [0.05, 0.1) is 17.3 Å². The lowest BCUT2D eigenvalue weighted by molar-refractivity contribution is -0.137. The molecule has 0 unspecified atom stereocenters. The van der Waals surface area contributed by atoms with Gasteiger partial charge in [-0.1, -0.05) is 18.2 Å². The molecule has 26 heavy (non-hydrogen) atoms. The van der Waals surface area contributed by atoms with E-state index in [1.54, 1.807) is 24.3 Å². The summed E-state index contributed by atoms with van der Waals surface area (Å²) < 4.78 is 28.8. The van der Waals surface area contributed by atoms with E-state index in [1.807, 2.05) is 0 Å². The smallest absolute Gasteiger partial charge is 0.305 e. The molecule has 7 heteroatoms. The number of hydrogen-bond acceptors (Lipinski definition) is 3. The molecule has 0 atom stereocenters. The van der Waals surface area contributed by atoms with Crippen LogP contribution in [0.2, 0.25) is 0 Å². The first kappa shape index (κ1) is 17.5. The average Bonchev–Trinajstić information content (AvgIpc) is 2.60. The highest BCUT2D eigenvalue weighted by atomic mass is 19.1. The summed E-state index contributed by atoms with van der Waals surface area (Å²) in [5, 5.41) is 9.24. The van der Waals surface area contributed by atoms with Gasteiger partial charge in [0.15, 0.2) is 0 Å². The van der Waals surface area contributed by atoms with Gasteiger partial charge in [0.25, 0.3) is 5.56 Å². The number of halogens is 2. The number of para-hydroxylation sites is 1. The highest BCUT2D eigenvalue weighted by Crippen LogP contribution is 2.16. The molecule has 3 aromatic rings. The largest absolute Gasteiger partial charge is 0.481 e. The summed E-state index contributed by atoms with van der Waals surface area (Å²) in [6.45, 7) is -0.106. The Hall–Kier alpha value is -3.35. The number of carboxylic acid groups (broad SMARTS) is 1. The molecule has 1 N–H and O–H groups in total. The topological polar surface area (TPSA) is 72.2 Å². The van der Waals surface area contributed by atoms with Crippen LogP contribution in [-0.2, 0) is 11.3 Å². The lowest BCUT2D eigenvalue weighted by Gasteiger charge is -2.10. The quantitative estimate of drug-likeness (QED) is 0.761. The Morgan fingerprint density at radius 3 is 2.46 bits per heavy atom. The average molecular weight is 356 g/mol. The van der Waals surface area contributed by atoms with Crippen LogP contribution in [0, 0.1) is 11.6 Å². The lowest BCUT2D eigenvalue weighted by atomic mass is 10.1. The van der Waals surface area contributed by atoms with E-state index in [0.717, 1.165) is 12.1 Å². The van der Waals surface area contributed by atoms with Crippen molar-refractivity contribution in [2.24, 2.45) is 0 Å². The molecule has 0 aliphatic carbocycles. The van der Waals surface area contributed by atoms with Crippen LogP contribution in [0.3, 0.4) is 0 Å². The zero-order chi connectivity index (χ0) is 18.7. The molecule has 1 heterocycles. The highest BCUT2D eigenvalue weighted by Gasteiger charge is 2.11. The Balaban J connectivity index is 2.14. The van der Waals surface area contributed by atoms with Crippen molar-refractivity contribution in [3.05, 3.63) is 75.8 Å². The Morgan fingerprint density at radius 1 is 1.08 bits per heavy atom. The van der Waals surface area contributed by atoms with Crippen LogP contribution in [0.4, 0.5) is 8.78 Å². The Labute approximate surface area is 146 Å². The van der Waals surface area contributed by atoms with Crippen molar-refractivity contribution in [2.75, 3.05) is 0 Å². The molecule has 3 rings (SSSR count). The third kappa shape index (κ3) is 3.51.